The maximum atomic E-state index is 13.2. The zero-order valence-electron chi connectivity index (χ0n) is 10.7. The molecule has 1 aromatic carbocycles. The highest BCUT2D eigenvalue weighted by Crippen LogP contribution is 2.24. The van der Waals surface area contributed by atoms with E-state index in [4.69, 9.17) is 0 Å². The maximum Gasteiger partial charge on any atom is 0.123 e. The first-order valence-electron chi connectivity index (χ1n) is 6.25. The van der Waals surface area contributed by atoms with Gasteiger partial charge in [0, 0.05) is 17.0 Å². The molecule has 2 rings (SSSR count). The Morgan fingerprint density at radius 2 is 2.11 bits per heavy atom. The molecule has 0 aliphatic rings. The lowest BCUT2D eigenvalue weighted by Crippen LogP contribution is -2.23. The molecule has 0 saturated heterocycles. The second kappa shape index (κ2) is 6.12. The summed E-state index contributed by atoms with van der Waals surface area (Å²) in [4.78, 5) is 1.31. The Bertz CT molecular complexity index is 481. The molecule has 96 valence electrons. The van der Waals surface area contributed by atoms with Crippen LogP contribution in [0.25, 0.3) is 0 Å². The molecule has 0 radical (unpaired) electrons. The van der Waals surface area contributed by atoms with Crippen molar-refractivity contribution < 1.29 is 4.39 Å². The first-order chi connectivity index (χ1) is 8.70. The summed E-state index contributed by atoms with van der Waals surface area (Å²) in [6, 6.07) is 11.5. The first-order valence-corrected chi connectivity index (χ1v) is 7.13. The van der Waals surface area contributed by atoms with Gasteiger partial charge in [-0.15, -0.1) is 11.3 Å². The van der Waals surface area contributed by atoms with Crippen molar-refractivity contribution in [3.05, 3.63) is 58.0 Å². The molecular weight excluding hydrogens is 245 g/mol. The molecule has 2 aromatic rings. The van der Waals surface area contributed by atoms with E-state index in [1.54, 1.807) is 23.5 Å². The van der Waals surface area contributed by atoms with Crippen LogP contribution in [0.15, 0.2) is 41.8 Å². The molecule has 1 unspecified atom stereocenters. The van der Waals surface area contributed by atoms with Gasteiger partial charge in [-0.1, -0.05) is 25.1 Å². The Labute approximate surface area is 112 Å². The van der Waals surface area contributed by atoms with Crippen LogP contribution in [0.1, 0.15) is 42.8 Å². The highest BCUT2D eigenvalue weighted by atomic mass is 32.1. The highest BCUT2D eigenvalue weighted by molar-refractivity contribution is 7.10. The van der Waals surface area contributed by atoms with E-state index in [0.717, 1.165) is 12.0 Å². The number of hydrogen-bond donors (Lipinski definition) is 1. The quantitative estimate of drug-likeness (QED) is 0.825. The summed E-state index contributed by atoms with van der Waals surface area (Å²) < 4.78 is 13.2. The van der Waals surface area contributed by atoms with E-state index in [0.29, 0.717) is 6.04 Å². The lowest BCUT2D eigenvalue weighted by Gasteiger charge is -2.22. The van der Waals surface area contributed by atoms with Gasteiger partial charge in [-0.05, 0) is 42.5 Å². The number of halogens is 1. The SMILES string of the molecule is CCC(N[C@@H](C)c1cccs1)c1cccc(F)c1. The van der Waals surface area contributed by atoms with Gasteiger partial charge >= 0.3 is 0 Å². The Balaban J connectivity index is 2.10. The van der Waals surface area contributed by atoms with E-state index in [-0.39, 0.29) is 11.9 Å². The van der Waals surface area contributed by atoms with Crippen molar-refractivity contribution in [2.24, 2.45) is 0 Å². The molecule has 18 heavy (non-hydrogen) atoms. The largest absolute Gasteiger partial charge is 0.303 e. The monoisotopic (exact) mass is 263 g/mol. The predicted molar refractivity (Wildman–Crippen MR) is 75.3 cm³/mol. The zero-order chi connectivity index (χ0) is 13.0. The minimum atomic E-state index is -0.170. The van der Waals surface area contributed by atoms with Crippen LogP contribution in [0, 0.1) is 5.82 Å². The molecule has 3 heteroatoms. The van der Waals surface area contributed by atoms with Crippen LogP contribution in [-0.4, -0.2) is 0 Å². The Hall–Kier alpha value is -1.19. The molecular formula is C15H18FNS. The second-order valence-electron chi connectivity index (χ2n) is 4.42. The zero-order valence-corrected chi connectivity index (χ0v) is 11.5. The van der Waals surface area contributed by atoms with Crippen molar-refractivity contribution in [3.63, 3.8) is 0 Å². The van der Waals surface area contributed by atoms with Gasteiger partial charge in [-0.3, -0.25) is 0 Å². The van der Waals surface area contributed by atoms with Crippen LogP contribution in [0.3, 0.4) is 0 Å². The number of benzene rings is 1. The van der Waals surface area contributed by atoms with Crippen LogP contribution in [0.4, 0.5) is 4.39 Å². The van der Waals surface area contributed by atoms with Crippen LogP contribution in [0.5, 0.6) is 0 Å². The second-order valence-corrected chi connectivity index (χ2v) is 5.40. The number of nitrogens with one attached hydrogen (secondary N) is 1. The van der Waals surface area contributed by atoms with Gasteiger partial charge in [0.25, 0.3) is 0 Å². The van der Waals surface area contributed by atoms with Crippen molar-refractivity contribution in [3.8, 4) is 0 Å². The number of rotatable bonds is 5. The Kier molecular flexibility index (Phi) is 4.50. The van der Waals surface area contributed by atoms with E-state index < -0.39 is 0 Å². The molecule has 0 fully saturated rings. The average Bonchev–Trinajstić information content (AvgIpc) is 2.89. The minimum Gasteiger partial charge on any atom is -0.303 e. The lowest BCUT2D eigenvalue weighted by atomic mass is 10.0. The van der Waals surface area contributed by atoms with E-state index in [9.17, 15) is 4.39 Å². The molecule has 1 aromatic heterocycles. The van der Waals surface area contributed by atoms with Crippen molar-refractivity contribution in [1.29, 1.82) is 0 Å². The maximum absolute atomic E-state index is 13.2. The molecule has 0 aliphatic carbocycles. The molecule has 1 nitrogen and oxygen atoms in total. The summed E-state index contributed by atoms with van der Waals surface area (Å²) in [5, 5.41) is 5.64. The van der Waals surface area contributed by atoms with Gasteiger partial charge in [-0.25, -0.2) is 4.39 Å². The molecule has 1 N–H and O–H groups in total. The fraction of sp³-hybridized carbons (Fsp3) is 0.333. The third-order valence-corrected chi connectivity index (χ3v) is 4.14. The topological polar surface area (TPSA) is 12.0 Å². The van der Waals surface area contributed by atoms with Crippen LogP contribution in [-0.2, 0) is 0 Å². The fourth-order valence-electron chi connectivity index (χ4n) is 2.09. The van der Waals surface area contributed by atoms with E-state index in [1.807, 2.05) is 6.07 Å². The highest BCUT2D eigenvalue weighted by Gasteiger charge is 2.14. The van der Waals surface area contributed by atoms with Crippen LogP contribution < -0.4 is 5.32 Å². The molecule has 0 spiro atoms. The Morgan fingerprint density at radius 1 is 1.28 bits per heavy atom. The summed E-state index contributed by atoms with van der Waals surface area (Å²) in [7, 11) is 0. The molecule has 0 bridgehead atoms. The fourth-order valence-corrected chi connectivity index (χ4v) is 2.84. The average molecular weight is 263 g/mol. The van der Waals surface area contributed by atoms with Gasteiger partial charge in [0.1, 0.15) is 5.82 Å². The van der Waals surface area contributed by atoms with Gasteiger partial charge in [0.15, 0.2) is 0 Å². The van der Waals surface area contributed by atoms with E-state index in [2.05, 4.69) is 36.7 Å². The predicted octanol–water partition coefficient (Wildman–Crippen LogP) is 4.69. The minimum absolute atomic E-state index is 0.170. The van der Waals surface area contributed by atoms with Crippen molar-refractivity contribution in [2.45, 2.75) is 32.4 Å². The van der Waals surface area contributed by atoms with Gasteiger partial charge in [0.2, 0.25) is 0 Å². The molecule has 1 heterocycles. The molecule has 2 atom stereocenters. The molecule has 0 saturated carbocycles. The van der Waals surface area contributed by atoms with Crippen LogP contribution >= 0.6 is 11.3 Å². The first kappa shape index (κ1) is 13.2. The number of hydrogen-bond acceptors (Lipinski definition) is 2. The van der Waals surface area contributed by atoms with Gasteiger partial charge in [0.05, 0.1) is 0 Å². The van der Waals surface area contributed by atoms with Crippen molar-refractivity contribution in [2.75, 3.05) is 0 Å². The third kappa shape index (κ3) is 3.18. The summed E-state index contributed by atoms with van der Waals surface area (Å²) in [5.74, 6) is -0.170. The van der Waals surface area contributed by atoms with Gasteiger partial charge in [-0.2, -0.15) is 0 Å². The summed E-state index contributed by atoms with van der Waals surface area (Å²) in [6.07, 6.45) is 0.944. The van der Waals surface area contributed by atoms with Crippen molar-refractivity contribution in [1.82, 2.24) is 5.32 Å². The number of thiophene rings is 1. The van der Waals surface area contributed by atoms with Gasteiger partial charge < -0.3 is 5.32 Å². The summed E-state index contributed by atoms with van der Waals surface area (Å²) in [5.41, 5.74) is 1.01. The molecule has 0 amide bonds. The summed E-state index contributed by atoms with van der Waals surface area (Å²) >= 11 is 1.75. The van der Waals surface area contributed by atoms with Crippen LogP contribution in [0.2, 0.25) is 0 Å². The van der Waals surface area contributed by atoms with E-state index in [1.165, 1.54) is 10.9 Å². The van der Waals surface area contributed by atoms with Crippen molar-refractivity contribution >= 4 is 11.3 Å². The van der Waals surface area contributed by atoms with E-state index >= 15 is 0 Å². The lowest BCUT2D eigenvalue weighted by molar-refractivity contribution is 0.458. The summed E-state index contributed by atoms with van der Waals surface area (Å²) in [6.45, 7) is 4.26. The smallest absolute Gasteiger partial charge is 0.123 e. The standard InChI is InChI=1S/C15H18FNS/c1-3-14(12-6-4-7-13(16)10-12)17-11(2)15-8-5-9-18-15/h4-11,14,17H,3H2,1-2H3/t11-,14?/m0/s1. The normalized spacial score (nSPS) is 14.4. The third-order valence-electron chi connectivity index (χ3n) is 3.08. The Morgan fingerprint density at radius 3 is 2.72 bits per heavy atom. The molecule has 0 aliphatic heterocycles.